The van der Waals surface area contributed by atoms with Gasteiger partial charge in [0.15, 0.2) is 0 Å². The first kappa shape index (κ1) is 10.9. The minimum absolute atomic E-state index is 0.0365. The molecule has 17 heavy (non-hydrogen) atoms. The number of para-hydroxylation sites is 1. The van der Waals surface area contributed by atoms with Crippen LogP contribution in [0, 0.1) is 0 Å². The Bertz CT molecular complexity index is 463. The van der Waals surface area contributed by atoms with Crippen LogP contribution in [-0.2, 0) is 0 Å². The molecule has 0 radical (unpaired) electrons. The third-order valence-corrected chi connectivity index (χ3v) is 3.77. The van der Waals surface area contributed by atoms with Crippen molar-refractivity contribution in [3.8, 4) is 0 Å². The number of anilines is 1. The highest BCUT2D eigenvalue weighted by Crippen LogP contribution is 2.61. The van der Waals surface area contributed by atoms with Gasteiger partial charge >= 0.3 is 0 Å². The summed E-state index contributed by atoms with van der Waals surface area (Å²) in [5, 5.41) is 0. The van der Waals surface area contributed by atoms with Crippen LogP contribution in [0.15, 0.2) is 60.7 Å². The summed E-state index contributed by atoms with van der Waals surface area (Å²) in [6.45, 7) is 0. The topological polar surface area (TPSA) is 3.01 Å². The fraction of sp³-hybridized carbons (Fsp3) is 0.143. The molecule has 1 aliphatic rings. The van der Waals surface area contributed by atoms with E-state index in [1.54, 1.807) is 0 Å². The standard InChI is InChI=1S/C14H11Cl2N/c15-14(16)13(11-7-3-1-4-8-11)17(14)12-9-5-2-6-10-12/h1-10,13H/t13-,17?/m1/s1. The summed E-state index contributed by atoms with van der Waals surface area (Å²) in [5.41, 5.74) is 2.19. The third-order valence-electron chi connectivity index (χ3n) is 2.99. The van der Waals surface area contributed by atoms with E-state index in [2.05, 4.69) is 0 Å². The molecule has 0 spiro atoms. The number of alkyl halides is 2. The molecule has 0 saturated carbocycles. The van der Waals surface area contributed by atoms with E-state index in [4.69, 9.17) is 23.2 Å². The normalized spacial score (nSPS) is 21.3. The summed E-state index contributed by atoms with van der Waals surface area (Å²) in [7, 11) is 0. The molecule has 2 aromatic carbocycles. The Balaban J connectivity index is 1.95. The number of halogens is 2. The average Bonchev–Trinajstić information content (AvgIpc) is 2.94. The van der Waals surface area contributed by atoms with Gasteiger partial charge in [0.1, 0.15) is 6.04 Å². The second-order valence-corrected chi connectivity index (χ2v) is 5.45. The second-order valence-electron chi connectivity index (χ2n) is 4.11. The Hall–Kier alpha value is -1.18. The summed E-state index contributed by atoms with van der Waals surface area (Å²) >= 11 is 12.7. The Kier molecular flexibility index (Phi) is 2.53. The van der Waals surface area contributed by atoms with Crippen LogP contribution in [0.3, 0.4) is 0 Å². The zero-order chi connectivity index (χ0) is 11.9. The predicted octanol–water partition coefficient (Wildman–Crippen LogP) is 4.38. The van der Waals surface area contributed by atoms with Crippen LogP contribution in [0.1, 0.15) is 11.6 Å². The van der Waals surface area contributed by atoms with Crippen molar-refractivity contribution in [3.05, 3.63) is 66.2 Å². The van der Waals surface area contributed by atoms with E-state index in [9.17, 15) is 0 Å². The van der Waals surface area contributed by atoms with Gasteiger partial charge in [0, 0.05) is 5.69 Å². The predicted molar refractivity (Wildman–Crippen MR) is 72.5 cm³/mol. The lowest BCUT2D eigenvalue weighted by Crippen LogP contribution is -2.00. The van der Waals surface area contributed by atoms with Crippen molar-refractivity contribution in [1.29, 1.82) is 0 Å². The summed E-state index contributed by atoms with van der Waals surface area (Å²) in [4.78, 5) is 2.01. The van der Waals surface area contributed by atoms with Crippen molar-refractivity contribution in [2.24, 2.45) is 0 Å². The Morgan fingerprint density at radius 3 is 1.94 bits per heavy atom. The van der Waals surface area contributed by atoms with Crippen LogP contribution in [0.2, 0.25) is 0 Å². The molecule has 0 unspecified atom stereocenters. The summed E-state index contributed by atoms with van der Waals surface area (Å²) in [6.07, 6.45) is 0. The van der Waals surface area contributed by atoms with Crippen molar-refractivity contribution in [2.75, 3.05) is 4.90 Å². The molecule has 1 atom stereocenters. The molecule has 3 rings (SSSR count). The average molecular weight is 264 g/mol. The van der Waals surface area contributed by atoms with Gasteiger partial charge in [0.2, 0.25) is 4.46 Å². The van der Waals surface area contributed by atoms with Gasteiger partial charge in [0.05, 0.1) is 0 Å². The monoisotopic (exact) mass is 263 g/mol. The molecule has 2 aromatic rings. The van der Waals surface area contributed by atoms with Gasteiger partial charge < -0.3 is 4.90 Å². The lowest BCUT2D eigenvalue weighted by molar-refractivity contribution is 1.10. The number of hydrogen-bond acceptors (Lipinski definition) is 1. The SMILES string of the molecule is ClC1(Cl)[C@@H](c2ccccc2)N1c1ccccc1. The second kappa shape index (κ2) is 3.94. The lowest BCUT2D eigenvalue weighted by atomic mass is 10.1. The van der Waals surface area contributed by atoms with Gasteiger partial charge in [-0.25, -0.2) is 0 Å². The Labute approximate surface area is 111 Å². The molecule has 1 heterocycles. The van der Waals surface area contributed by atoms with E-state index in [0.29, 0.717) is 0 Å². The fourth-order valence-electron chi connectivity index (χ4n) is 2.14. The zero-order valence-corrected chi connectivity index (χ0v) is 10.6. The van der Waals surface area contributed by atoms with E-state index < -0.39 is 4.46 Å². The third kappa shape index (κ3) is 1.80. The first-order valence-corrected chi connectivity index (χ1v) is 6.24. The molecular formula is C14H11Cl2N. The highest BCUT2D eigenvalue weighted by atomic mass is 35.5. The molecule has 3 heteroatoms. The van der Waals surface area contributed by atoms with E-state index in [1.165, 1.54) is 0 Å². The highest BCUT2D eigenvalue weighted by Gasteiger charge is 2.61. The van der Waals surface area contributed by atoms with Gasteiger partial charge in [-0.2, -0.15) is 0 Å². The number of rotatable bonds is 2. The molecular weight excluding hydrogens is 253 g/mol. The lowest BCUT2D eigenvalue weighted by Gasteiger charge is -2.05. The van der Waals surface area contributed by atoms with Crippen molar-refractivity contribution >= 4 is 28.9 Å². The van der Waals surface area contributed by atoms with Gasteiger partial charge in [-0.15, -0.1) is 0 Å². The van der Waals surface area contributed by atoms with Gasteiger partial charge in [-0.3, -0.25) is 0 Å². The van der Waals surface area contributed by atoms with Gasteiger partial charge in [0.25, 0.3) is 0 Å². The van der Waals surface area contributed by atoms with E-state index in [-0.39, 0.29) is 6.04 Å². The molecule has 0 aromatic heterocycles. The minimum Gasteiger partial charge on any atom is -0.326 e. The maximum absolute atomic E-state index is 6.33. The Morgan fingerprint density at radius 2 is 1.35 bits per heavy atom. The van der Waals surface area contributed by atoms with Crippen LogP contribution < -0.4 is 4.90 Å². The van der Waals surface area contributed by atoms with Crippen LogP contribution in [0.4, 0.5) is 5.69 Å². The number of nitrogens with zero attached hydrogens (tertiary/aromatic N) is 1. The summed E-state index contributed by atoms with van der Waals surface area (Å²) in [5.74, 6) is 0. The van der Waals surface area contributed by atoms with E-state index in [1.807, 2.05) is 65.6 Å². The first-order valence-electron chi connectivity index (χ1n) is 5.48. The van der Waals surface area contributed by atoms with Crippen molar-refractivity contribution in [3.63, 3.8) is 0 Å². The summed E-state index contributed by atoms with van der Waals surface area (Å²) < 4.78 is -0.831. The maximum Gasteiger partial charge on any atom is 0.215 e. The quantitative estimate of drug-likeness (QED) is 0.442. The van der Waals surface area contributed by atoms with E-state index >= 15 is 0 Å². The highest BCUT2D eigenvalue weighted by molar-refractivity contribution is 6.53. The van der Waals surface area contributed by atoms with Crippen LogP contribution in [0.5, 0.6) is 0 Å². The van der Waals surface area contributed by atoms with Gasteiger partial charge in [-0.1, -0.05) is 71.7 Å². The van der Waals surface area contributed by atoms with Crippen LogP contribution in [-0.4, -0.2) is 4.46 Å². The van der Waals surface area contributed by atoms with Crippen LogP contribution in [0.25, 0.3) is 0 Å². The molecule has 0 amide bonds. The molecule has 1 aliphatic heterocycles. The molecule has 1 fully saturated rings. The smallest absolute Gasteiger partial charge is 0.215 e. The van der Waals surface area contributed by atoms with Crippen molar-refractivity contribution in [1.82, 2.24) is 0 Å². The molecule has 0 N–H and O–H groups in total. The number of hydrogen-bond donors (Lipinski definition) is 0. The number of benzene rings is 2. The van der Waals surface area contributed by atoms with Crippen molar-refractivity contribution < 1.29 is 0 Å². The zero-order valence-electron chi connectivity index (χ0n) is 9.05. The molecule has 0 aliphatic carbocycles. The molecule has 86 valence electrons. The molecule has 1 nitrogen and oxygen atoms in total. The molecule has 0 bridgehead atoms. The minimum atomic E-state index is -0.831. The maximum atomic E-state index is 6.33. The Morgan fingerprint density at radius 1 is 0.824 bits per heavy atom. The summed E-state index contributed by atoms with van der Waals surface area (Å²) in [6, 6.07) is 20.1. The van der Waals surface area contributed by atoms with Crippen LogP contribution >= 0.6 is 23.2 Å². The van der Waals surface area contributed by atoms with Gasteiger partial charge in [-0.05, 0) is 17.7 Å². The largest absolute Gasteiger partial charge is 0.326 e. The first-order chi connectivity index (χ1) is 8.21. The fourth-order valence-corrected chi connectivity index (χ4v) is 2.88. The van der Waals surface area contributed by atoms with E-state index in [0.717, 1.165) is 11.3 Å². The molecule has 1 saturated heterocycles. The van der Waals surface area contributed by atoms with Crippen molar-refractivity contribution in [2.45, 2.75) is 10.5 Å².